The molecule has 2 heterocycles. The Labute approximate surface area is 209 Å². The molecule has 0 spiro atoms. The average molecular weight is 525 g/mol. The lowest BCUT2D eigenvalue weighted by molar-refractivity contribution is -0.164. The summed E-state index contributed by atoms with van der Waals surface area (Å²) in [6.07, 6.45) is -0.827. The lowest BCUT2D eigenvalue weighted by Crippen LogP contribution is -2.69. The van der Waals surface area contributed by atoms with E-state index in [-0.39, 0.29) is 33.6 Å². The number of amides is 3. The summed E-state index contributed by atoms with van der Waals surface area (Å²) in [6, 6.07) is 3.51. The molecule has 1 fully saturated rings. The molecule has 1 unspecified atom stereocenters. The van der Waals surface area contributed by atoms with E-state index in [1.54, 1.807) is 4.57 Å². The maximum atomic E-state index is 13.6. The molecule has 4 rings (SSSR count). The van der Waals surface area contributed by atoms with Gasteiger partial charge in [0.2, 0.25) is 5.91 Å². The van der Waals surface area contributed by atoms with Crippen LogP contribution in [0.2, 0.25) is 5.02 Å². The van der Waals surface area contributed by atoms with Crippen LogP contribution in [0.4, 0.5) is 18.9 Å². The van der Waals surface area contributed by atoms with Gasteiger partial charge in [-0.25, -0.2) is 13.2 Å². The van der Waals surface area contributed by atoms with Crippen LogP contribution >= 0.6 is 11.6 Å². The van der Waals surface area contributed by atoms with Gasteiger partial charge in [0, 0.05) is 37.3 Å². The van der Waals surface area contributed by atoms with E-state index in [1.807, 2.05) is 6.92 Å². The number of rotatable bonds is 6. The number of hydrogen-bond acceptors (Lipinski definition) is 4. The summed E-state index contributed by atoms with van der Waals surface area (Å²) in [6.45, 7) is 3.37. The number of aromatic nitrogens is 1. The number of Topliss-reactive ketones (excluding diaryl/α,β-unsaturated/α-hetero) is 1. The van der Waals surface area contributed by atoms with E-state index in [9.17, 15) is 32.3 Å². The zero-order chi connectivity index (χ0) is 26.6. The summed E-state index contributed by atoms with van der Waals surface area (Å²) in [7, 11) is 1.25. The van der Waals surface area contributed by atoms with E-state index in [1.165, 1.54) is 26.1 Å². The van der Waals surface area contributed by atoms with Crippen LogP contribution < -0.4 is 16.0 Å². The molecule has 8 nitrogen and oxygen atoms in total. The molecule has 0 radical (unpaired) electrons. The van der Waals surface area contributed by atoms with E-state index in [0.717, 1.165) is 6.07 Å². The van der Waals surface area contributed by atoms with Gasteiger partial charge in [0.1, 0.15) is 17.1 Å². The first-order valence-electron chi connectivity index (χ1n) is 11.3. The molecule has 192 valence electrons. The van der Waals surface area contributed by atoms with E-state index < -0.39 is 53.6 Å². The highest BCUT2D eigenvalue weighted by molar-refractivity contribution is 6.44. The number of nitrogens with one attached hydrogen (secondary N) is 3. The number of likely N-dealkylation sites (N-methyl/N-ethyl adjacent to an activating group) is 1. The first-order chi connectivity index (χ1) is 16.8. The van der Waals surface area contributed by atoms with Crippen LogP contribution in [-0.2, 0) is 16.0 Å². The lowest BCUT2D eigenvalue weighted by Gasteiger charge is -2.45. The van der Waals surface area contributed by atoms with Crippen molar-refractivity contribution in [3.8, 4) is 0 Å². The predicted octanol–water partition coefficient (Wildman–Crippen LogP) is 3.56. The highest BCUT2D eigenvalue weighted by Crippen LogP contribution is 2.46. The molecule has 2 aromatic rings. The largest absolute Gasteiger partial charge is 0.357 e. The van der Waals surface area contributed by atoms with Crippen LogP contribution in [0.25, 0.3) is 0 Å². The molecule has 1 aliphatic heterocycles. The first-order valence-corrected chi connectivity index (χ1v) is 11.6. The SMILES string of the molecule is CNC(=O)C1(NC(=O)C(=O)c2c(C)c(C(=O)Nc3ccc(F)c(Cl)c3)n3c2CCC3C)CC(F)(F)C1. The van der Waals surface area contributed by atoms with Crippen LogP contribution in [0.5, 0.6) is 0 Å². The van der Waals surface area contributed by atoms with Gasteiger partial charge in [0.25, 0.3) is 23.5 Å². The Kier molecular flexibility index (Phi) is 6.40. The minimum atomic E-state index is -3.14. The number of hydrogen-bond donors (Lipinski definition) is 3. The molecular formula is C24H24ClF3N4O4. The van der Waals surface area contributed by atoms with Crippen LogP contribution in [0.3, 0.4) is 0 Å². The van der Waals surface area contributed by atoms with Crippen molar-refractivity contribution in [2.24, 2.45) is 0 Å². The van der Waals surface area contributed by atoms with Crippen LogP contribution in [0.15, 0.2) is 18.2 Å². The Morgan fingerprint density at radius 2 is 1.83 bits per heavy atom. The summed E-state index contributed by atoms with van der Waals surface area (Å²) in [5.74, 6) is -7.43. The zero-order valence-electron chi connectivity index (χ0n) is 19.7. The second kappa shape index (κ2) is 8.95. The smallest absolute Gasteiger partial charge is 0.293 e. The van der Waals surface area contributed by atoms with Gasteiger partial charge >= 0.3 is 0 Å². The van der Waals surface area contributed by atoms with Crippen molar-refractivity contribution in [3.05, 3.63) is 51.6 Å². The molecule has 1 saturated carbocycles. The normalized spacial score (nSPS) is 19.1. The van der Waals surface area contributed by atoms with E-state index in [0.29, 0.717) is 18.5 Å². The Hall–Kier alpha value is -3.34. The van der Waals surface area contributed by atoms with Gasteiger partial charge in [-0.05, 0) is 50.5 Å². The summed E-state index contributed by atoms with van der Waals surface area (Å²) < 4.78 is 42.4. The van der Waals surface area contributed by atoms with E-state index >= 15 is 0 Å². The van der Waals surface area contributed by atoms with Crippen molar-refractivity contribution < 1.29 is 32.3 Å². The van der Waals surface area contributed by atoms with Crippen molar-refractivity contribution in [2.75, 3.05) is 12.4 Å². The number of nitrogens with zero attached hydrogens (tertiary/aromatic N) is 1. The number of ketones is 1. The summed E-state index contributed by atoms with van der Waals surface area (Å²) in [5.41, 5.74) is -0.821. The first kappa shape index (κ1) is 25.7. The van der Waals surface area contributed by atoms with Crippen molar-refractivity contribution in [1.82, 2.24) is 15.2 Å². The van der Waals surface area contributed by atoms with Crippen molar-refractivity contribution in [1.29, 1.82) is 0 Å². The zero-order valence-corrected chi connectivity index (χ0v) is 20.5. The Morgan fingerprint density at radius 1 is 1.17 bits per heavy atom. The maximum absolute atomic E-state index is 13.6. The molecule has 3 amide bonds. The predicted molar refractivity (Wildman–Crippen MR) is 125 cm³/mol. The fourth-order valence-electron chi connectivity index (χ4n) is 5.09. The number of halogens is 4. The highest BCUT2D eigenvalue weighted by atomic mass is 35.5. The van der Waals surface area contributed by atoms with Gasteiger partial charge in [-0.15, -0.1) is 0 Å². The van der Waals surface area contributed by atoms with Crippen LogP contribution in [-0.4, -0.2) is 46.6 Å². The topological polar surface area (TPSA) is 109 Å². The Balaban J connectivity index is 1.66. The quantitative estimate of drug-likeness (QED) is 0.396. The average Bonchev–Trinajstić information content (AvgIpc) is 3.29. The molecule has 1 aromatic carbocycles. The third-order valence-electron chi connectivity index (χ3n) is 6.75. The number of carbonyl (C=O) groups is 4. The maximum Gasteiger partial charge on any atom is 0.293 e. The van der Waals surface area contributed by atoms with Crippen LogP contribution in [0, 0.1) is 12.7 Å². The molecular weight excluding hydrogens is 501 g/mol. The molecule has 1 aromatic heterocycles. The monoisotopic (exact) mass is 524 g/mol. The Morgan fingerprint density at radius 3 is 2.42 bits per heavy atom. The van der Waals surface area contributed by atoms with Crippen molar-refractivity contribution >= 4 is 40.8 Å². The number of benzene rings is 1. The number of fused-ring (bicyclic) bond motifs is 1. The number of anilines is 1. The fraction of sp³-hybridized carbons (Fsp3) is 0.417. The second-order valence-electron chi connectivity index (χ2n) is 9.29. The fourth-order valence-corrected chi connectivity index (χ4v) is 5.27. The number of carbonyl (C=O) groups excluding carboxylic acids is 4. The summed E-state index contributed by atoms with van der Waals surface area (Å²) >= 11 is 5.80. The van der Waals surface area contributed by atoms with E-state index in [4.69, 9.17) is 11.6 Å². The number of alkyl halides is 2. The summed E-state index contributed by atoms with van der Waals surface area (Å²) in [5, 5.41) is 6.91. The molecule has 2 aliphatic rings. The Bertz CT molecular complexity index is 1300. The third-order valence-corrected chi connectivity index (χ3v) is 7.04. The second-order valence-corrected chi connectivity index (χ2v) is 9.70. The van der Waals surface area contributed by atoms with Gasteiger partial charge in [-0.3, -0.25) is 19.2 Å². The summed E-state index contributed by atoms with van der Waals surface area (Å²) in [4.78, 5) is 51.6. The van der Waals surface area contributed by atoms with Crippen molar-refractivity contribution in [3.63, 3.8) is 0 Å². The minimum Gasteiger partial charge on any atom is -0.357 e. The molecule has 1 atom stereocenters. The van der Waals surface area contributed by atoms with Gasteiger partial charge in [-0.2, -0.15) is 0 Å². The molecule has 0 saturated heterocycles. The molecule has 1 aliphatic carbocycles. The van der Waals surface area contributed by atoms with Gasteiger partial charge in [-0.1, -0.05) is 11.6 Å². The highest BCUT2D eigenvalue weighted by Gasteiger charge is 2.62. The van der Waals surface area contributed by atoms with Gasteiger partial charge in [0.15, 0.2) is 0 Å². The van der Waals surface area contributed by atoms with Gasteiger partial charge < -0.3 is 20.5 Å². The van der Waals surface area contributed by atoms with E-state index in [2.05, 4.69) is 16.0 Å². The van der Waals surface area contributed by atoms with Gasteiger partial charge in [0.05, 0.1) is 10.6 Å². The lowest BCUT2D eigenvalue weighted by atomic mass is 9.72. The molecule has 0 bridgehead atoms. The molecule has 12 heteroatoms. The standard InChI is InChI=1S/C24H24ClF3N4O4/c1-11-4-7-16-17(19(33)21(35)31-23(22(36)29-3)9-24(27,28)10-23)12(2)18(32(11)16)20(34)30-13-5-6-15(26)14(25)8-13/h5-6,8,11H,4,7,9-10H2,1-3H3,(H,29,36)(H,30,34)(H,31,35). The molecule has 36 heavy (non-hydrogen) atoms. The van der Waals surface area contributed by atoms with Crippen LogP contribution in [0.1, 0.15) is 64.3 Å². The minimum absolute atomic E-state index is 0.00252. The molecule has 3 N–H and O–H groups in total. The third kappa shape index (κ3) is 4.25. The van der Waals surface area contributed by atoms with Crippen molar-refractivity contribution in [2.45, 2.75) is 57.0 Å².